The fourth-order valence-electron chi connectivity index (χ4n) is 1.43. The van der Waals surface area contributed by atoms with E-state index in [1.807, 2.05) is 6.26 Å². The number of hydrogen-bond acceptors (Lipinski definition) is 4. The van der Waals surface area contributed by atoms with E-state index in [0.29, 0.717) is 11.4 Å². The molecule has 20 heavy (non-hydrogen) atoms. The molecule has 2 amide bonds. The Morgan fingerprint density at radius 2 is 1.90 bits per heavy atom. The first-order chi connectivity index (χ1) is 9.34. The van der Waals surface area contributed by atoms with Crippen LogP contribution < -0.4 is 10.6 Å². The van der Waals surface area contributed by atoms with E-state index in [9.17, 15) is 19.1 Å². The Hall–Kier alpha value is -1.60. The van der Waals surface area contributed by atoms with Crippen molar-refractivity contribution in [1.29, 1.82) is 0 Å². The van der Waals surface area contributed by atoms with E-state index in [1.54, 1.807) is 6.92 Å². The van der Waals surface area contributed by atoms with Crippen LogP contribution in [0.5, 0.6) is 0 Å². The predicted octanol–water partition coefficient (Wildman–Crippen LogP) is 0.994. The quantitative estimate of drug-likeness (QED) is 0.709. The lowest BCUT2D eigenvalue weighted by Gasteiger charge is -2.22. The number of halogens is 1. The van der Waals surface area contributed by atoms with E-state index in [2.05, 4.69) is 10.6 Å². The van der Waals surface area contributed by atoms with Crippen molar-refractivity contribution in [3.8, 4) is 0 Å². The van der Waals surface area contributed by atoms with E-state index in [4.69, 9.17) is 0 Å². The number of amides is 2. The molecule has 110 valence electrons. The SMILES string of the molecule is CSCC(C)(O)CNC(=O)C(=O)Nc1ccc(F)cc1. The molecule has 5 nitrogen and oxygen atoms in total. The molecule has 1 atom stereocenters. The van der Waals surface area contributed by atoms with Gasteiger partial charge in [0.1, 0.15) is 5.82 Å². The molecule has 1 aromatic carbocycles. The molecule has 0 radical (unpaired) electrons. The highest BCUT2D eigenvalue weighted by Gasteiger charge is 2.22. The van der Waals surface area contributed by atoms with Gasteiger partial charge < -0.3 is 15.7 Å². The maximum absolute atomic E-state index is 12.7. The predicted molar refractivity (Wildman–Crippen MR) is 77.0 cm³/mol. The molecule has 0 aromatic heterocycles. The van der Waals surface area contributed by atoms with Gasteiger partial charge in [-0.25, -0.2) is 4.39 Å². The van der Waals surface area contributed by atoms with Crippen molar-refractivity contribution in [2.45, 2.75) is 12.5 Å². The molecule has 7 heteroatoms. The summed E-state index contributed by atoms with van der Waals surface area (Å²) in [5.74, 6) is -1.71. The Kier molecular flexibility index (Phi) is 5.97. The number of rotatable bonds is 5. The second-order valence-corrected chi connectivity index (χ2v) is 5.44. The lowest BCUT2D eigenvalue weighted by atomic mass is 10.1. The van der Waals surface area contributed by atoms with Gasteiger partial charge in [0.25, 0.3) is 0 Å². The van der Waals surface area contributed by atoms with Crippen molar-refractivity contribution in [3.63, 3.8) is 0 Å². The highest BCUT2D eigenvalue weighted by molar-refractivity contribution is 7.98. The Bertz CT molecular complexity index is 477. The topological polar surface area (TPSA) is 78.4 Å². The third-order valence-electron chi connectivity index (χ3n) is 2.39. The summed E-state index contributed by atoms with van der Waals surface area (Å²) in [5, 5.41) is 14.5. The van der Waals surface area contributed by atoms with Gasteiger partial charge in [-0.3, -0.25) is 9.59 Å². The maximum Gasteiger partial charge on any atom is 0.313 e. The van der Waals surface area contributed by atoms with Gasteiger partial charge in [-0.15, -0.1) is 0 Å². The van der Waals surface area contributed by atoms with Gasteiger partial charge in [-0.1, -0.05) is 0 Å². The van der Waals surface area contributed by atoms with Crippen LogP contribution in [0, 0.1) is 5.82 Å². The Morgan fingerprint density at radius 3 is 2.45 bits per heavy atom. The molecule has 0 bridgehead atoms. The second-order valence-electron chi connectivity index (χ2n) is 4.57. The number of hydrogen-bond donors (Lipinski definition) is 3. The molecule has 0 aliphatic carbocycles. The smallest absolute Gasteiger partial charge is 0.313 e. The number of benzene rings is 1. The summed E-state index contributed by atoms with van der Waals surface area (Å²) < 4.78 is 12.7. The van der Waals surface area contributed by atoms with E-state index >= 15 is 0 Å². The van der Waals surface area contributed by atoms with Crippen molar-refractivity contribution in [2.75, 3.05) is 23.9 Å². The summed E-state index contributed by atoms with van der Waals surface area (Å²) in [4.78, 5) is 23.1. The number of thioether (sulfide) groups is 1. The largest absolute Gasteiger partial charge is 0.387 e. The van der Waals surface area contributed by atoms with Crippen molar-refractivity contribution < 1.29 is 19.1 Å². The van der Waals surface area contributed by atoms with Crippen LogP contribution >= 0.6 is 11.8 Å². The average Bonchev–Trinajstić information content (AvgIpc) is 2.38. The molecule has 0 aliphatic heterocycles. The third kappa shape index (κ3) is 5.58. The number of nitrogens with one attached hydrogen (secondary N) is 2. The standard InChI is InChI=1S/C13H17FN2O3S/c1-13(19,8-20-2)7-15-11(17)12(18)16-10-5-3-9(14)4-6-10/h3-6,19H,7-8H2,1-2H3,(H,15,17)(H,16,18). The number of aliphatic hydroxyl groups is 1. The minimum absolute atomic E-state index is 0.0243. The minimum atomic E-state index is -1.08. The maximum atomic E-state index is 12.7. The van der Waals surface area contributed by atoms with Crippen LogP contribution in [-0.2, 0) is 9.59 Å². The van der Waals surface area contributed by atoms with E-state index in [-0.39, 0.29) is 6.54 Å². The molecular weight excluding hydrogens is 283 g/mol. The molecule has 0 saturated carbocycles. The lowest BCUT2D eigenvalue weighted by Crippen LogP contribution is -2.45. The third-order valence-corrected chi connectivity index (χ3v) is 3.30. The van der Waals surface area contributed by atoms with Crippen LogP contribution in [0.1, 0.15) is 6.92 Å². The van der Waals surface area contributed by atoms with Crippen LogP contribution in [0.3, 0.4) is 0 Å². The van der Waals surface area contributed by atoms with Crippen LogP contribution in [0.4, 0.5) is 10.1 Å². The molecule has 3 N–H and O–H groups in total. The molecule has 1 unspecified atom stereocenters. The zero-order valence-electron chi connectivity index (χ0n) is 11.3. The van der Waals surface area contributed by atoms with Gasteiger partial charge >= 0.3 is 11.8 Å². The van der Waals surface area contributed by atoms with Crippen molar-refractivity contribution in [3.05, 3.63) is 30.1 Å². The first-order valence-electron chi connectivity index (χ1n) is 5.90. The molecule has 0 fully saturated rings. The van der Waals surface area contributed by atoms with Crippen molar-refractivity contribution >= 4 is 29.3 Å². The molecule has 1 aromatic rings. The van der Waals surface area contributed by atoms with Crippen molar-refractivity contribution in [2.24, 2.45) is 0 Å². The number of carbonyl (C=O) groups is 2. The van der Waals surface area contributed by atoms with E-state index in [0.717, 1.165) is 0 Å². The zero-order valence-corrected chi connectivity index (χ0v) is 12.1. The Labute approximate surface area is 120 Å². The Morgan fingerprint density at radius 1 is 1.30 bits per heavy atom. The monoisotopic (exact) mass is 300 g/mol. The van der Waals surface area contributed by atoms with E-state index in [1.165, 1.54) is 36.0 Å². The summed E-state index contributed by atoms with van der Waals surface area (Å²) in [6.07, 6.45) is 1.83. The van der Waals surface area contributed by atoms with Crippen LogP contribution in [-0.4, -0.2) is 41.1 Å². The normalized spacial score (nSPS) is 13.4. The van der Waals surface area contributed by atoms with Crippen LogP contribution in [0.2, 0.25) is 0 Å². The summed E-state index contributed by atoms with van der Waals surface area (Å²) in [7, 11) is 0. The fourth-order valence-corrected chi connectivity index (χ4v) is 2.16. The molecular formula is C13H17FN2O3S. The summed E-state index contributed by atoms with van der Waals surface area (Å²) >= 11 is 1.44. The van der Waals surface area contributed by atoms with Gasteiger partial charge in [-0.05, 0) is 37.4 Å². The van der Waals surface area contributed by atoms with Gasteiger partial charge in [0.15, 0.2) is 0 Å². The molecule has 0 heterocycles. The molecule has 0 spiro atoms. The number of anilines is 1. The molecule has 0 aliphatic rings. The number of carbonyl (C=O) groups excluding carboxylic acids is 2. The summed E-state index contributed by atoms with van der Waals surface area (Å²) in [6, 6.07) is 5.06. The molecule has 1 rings (SSSR count). The van der Waals surface area contributed by atoms with E-state index < -0.39 is 23.2 Å². The van der Waals surface area contributed by atoms with Gasteiger partial charge in [0, 0.05) is 18.0 Å². The highest BCUT2D eigenvalue weighted by atomic mass is 32.2. The van der Waals surface area contributed by atoms with Gasteiger partial charge in [0.2, 0.25) is 0 Å². The van der Waals surface area contributed by atoms with Crippen molar-refractivity contribution in [1.82, 2.24) is 5.32 Å². The lowest BCUT2D eigenvalue weighted by molar-refractivity contribution is -0.136. The minimum Gasteiger partial charge on any atom is -0.387 e. The first kappa shape index (κ1) is 16.5. The summed E-state index contributed by atoms with van der Waals surface area (Å²) in [6.45, 7) is 1.55. The van der Waals surface area contributed by atoms with Crippen LogP contribution in [0.25, 0.3) is 0 Å². The fraction of sp³-hybridized carbons (Fsp3) is 0.385. The molecule has 0 saturated heterocycles. The zero-order chi connectivity index (χ0) is 15.2. The van der Waals surface area contributed by atoms with Crippen LogP contribution in [0.15, 0.2) is 24.3 Å². The average molecular weight is 300 g/mol. The highest BCUT2D eigenvalue weighted by Crippen LogP contribution is 2.09. The Balaban J connectivity index is 2.47. The second kappa shape index (κ2) is 7.25. The summed E-state index contributed by atoms with van der Waals surface area (Å²) in [5.41, 5.74) is -0.756. The van der Waals surface area contributed by atoms with Gasteiger partial charge in [-0.2, -0.15) is 11.8 Å². The van der Waals surface area contributed by atoms with Gasteiger partial charge in [0.05, 0.1) is 5.60 Å². The first-order valence-corrected chi connectivity index (χ1v) is 7.29.